The second kappa shape index (κ2) is 7.04. The van der Waals surface area contributed by atoms with Gasteiger partial charge in [-0.15, -0.1) is 0 Å². The second-order valence-corrected chi connectivity index (χ2v) is 5.61. The zero-order valence-corrected chi connectivity index (χ0v) is 13.4. The summed E-state index contributed by atoms with van der Waals surface area (Å²) >= 11 is 0. The van der Waals surface area contributed by atoms with Gasteiger partial charge in [-0.3, -0.25) is 4.79 Å². The van der Waals surface area contributed by atoms with Crippen molar-refractivity contribution in [1.29, 1.82) is 0 Å². The fraction of sp³-hybridized carbons (Fsp3) is 0.222. The standard InChI is InChI=1S/C18H19N3O3/c1-12-4-2-3-5-16(12)24-11-17(22)19-9-8-13-6-7-14-15(10-13)21-18(23)20-14/h2-7,10H,8-9,11H2,1H3,(H,19,22)(H2,20,21,23). The Morgan fingerprint density at radius 3 is 2.75 bits per heavy atom. The van der Waals surface area contributed by atoms with Gasteiger partial charge in [-0.25, -0.2) is 4.79 Å². The molecule has 0 bridgehead atoms. The molecular weight excluding hydrogens is 306 g/mol. The van der Waals surface area contributed by atoms with E-state index < -0.39 is 0 Å². The number of para-hydroxylation sites is 1. The molecule has 0 spiro atoms. The highest BCUT2D eigenvalue weighted by Gasteiger charge is 2.05. The van der Waals surface area contributed by atoms with Gasteiger partial charge in [0.1, 0.15) is 5.75 Å². The van der Waals surface area contributed by atoms with E-state index in [-0.39, 0.29) is 18.2 Å². The van der Waals surface area contributed by atoms with Gasteiger partial charge in [0.2, 0.25) is 0 Å². The van der Waals surface area contributed by atoms with Crippen molar-refractivity contribution >= 4 is 16.9 Å². The molecule has 1 heterocycles. The molecule has 3 aromatic rings. The number of amides is 1. The van der Waals surface area contributed by atoms with Crippen LogP contribution in [0.3, 0.4) is 0 Å². The van der Waals surface area contributed by atoms with Gasteiger partial charge in [0.05, 0.1) is 11.0 Å². The van der Waals surface area contributed by atoms with E-state index >= 15 is 0 Å². The van der Waals surface area contributed by atoms with Gasteiger partial charge in [0.15, 0.2) is 6.61 Å². The van der Waals surface area contributed by atoms with Crippen LogP contribution < -0.4 is 15.7 Å². The smallest absolute Gasteiger partial charge is 0.323 e. The van der Waals surface area contributed by atoms with Gasteiger partial charge in [-0.05, 0) is 42.7 Å². The van der Waals surface area contributed by atoms with Gasteiger partial charge >= 0.3 is 5.69 Å². The molecular formula is C18H19N3O3. The first-order valence-corrected chi connectivity index (χ1v) is 7.78. The number of carbonyl (C=O) groups is 1. The Bertz CT molecular complexity index is 911. The molecule has 0 aliphatic rings. The highest BCUT2D eigenvalue weighted by Crippen LogP contribution is 2.15. The van der Waals surface area contributed by atoms with E-state index in [1.165, 1.54) is 0 Å². The Balaban J connectivity index is 1.47. The molecule has 0 aliphatic carbocycles. The van der Waals surface area contributed by atoms with E-state index in [4.69, 9.17) is 4.74 Å². The van der Waals surface area contributed by atoms with Crippen LogP contribution >= 0.6 is 0 Å². The van der Waals surface area contributed by atoms with Crippen LogP contribution in [0.5, 0.6) is 5.75 Å². The number of rotatable bonds is 6. The minimum Gasteiger partial charge on any atom is -0.484 e. The maximum atomic E-state index is 11.8. The minimum absolute atomic E-state index is 0.00494. The number of hydrogen-bond acceptors (Lipinski definition) is 3. The number of nitrogens with one attached hydrogen (secondary N) is 3. The van der Waals surface area contributed by atoms with Crippen LogP contribution in [0.15, 0.2) is 47.3 Å². The molecule has 3 N–H and O–H groups in total. The minimum atomic E-state index is -0.219. The maximum absolute atomic E-state index is 11.8. The lowest BCUT2D eigenvalue weighted by atomic mass is 10.1. The summed E-state index contributed by atoms with van der Waals surface area (Å²) in [6.45, 7) is 2.44. The highest BCUT2D eigenvalue weighted by atomic mass is 16.5. The molecule has 0 saturated carbocycles. The third-order valence-corrected chi connectivity index (χ3v) is 3.77. The molecule has 6 heteroatoms. The molecule has 6 nitrogen and oxygen atoms in total. The molecule has 24 heavy (non-hydrogen) atoms. The van der Waals surface area contributed by atoms with Crippen molar-refractivity contribution in [3.63, 3.8) is 0 Å². The monoisotopic (exact) mass is 325 g/mol. The van der Waals surface area contributed by atoms with Gasteiger partial charge in [-0.2, -0.15) is 0 Å². The van der Waals surface area contributed by atoms with E-state index in [2.05, 4.69) is 15.3 Å². The number of aryl methyl sites for hydroxylation is 1. The van der Waals surface area contributed by atoms with Crippen LogP contribution in [0.1, 0.15) is 11.1 Å². The summed E-state index contributed by atoms with van der Waals surface area (Å²) in [6, 6.07) is 13.3. The van der Waals surface area contributed by atoms with Gasteiger partial charge in [0.25, 0.3) is 5.91 Å². The van der Waals surface area contributed by atoms with E-state index in [1.807, 2.05) is 49.4 Å². The average molecular weight is 325 g/mol. The molecule has 0 saturated heterocycles. The first-order valence-electron chi connectivity index (χ1n) is 7.78. The fourth-order valence-corrected chi connectivity index (χ4v) is 2.49. The van der Waals surface area contributed by atoms with Crippen molar-refractivity contribution in [2.24, 2.45) is 0 Å². The van der Waals surface area contributed by atoms with Crippen molar-refractivity contribution in [2.45, 2.75) is 13.3 Å². The molecule has 124 valence electrons. The van der Waals surface area contributed by atoms with Crippen molar-refractivity contribution in [3.05, 3.63) is 64.1 Å². The van der Waals surface area contributed by atoms with Crippen molar-refractivity contribution in [3.8, 4) is 5.75 Å². The summed E-state index contributed by atoms with van der Waals surface area (Å²) in [5.41, 5.74) is 3.37. The van der Waals surface area contributed by atoms with Crippen LogP contribution in [0.25, 0.3) is 11.0 Å². The number of imidazole rings is 1. The maximum Gasteiger partial charge on any atom is 0.323 e. The van der Waals surface area contributed by atoms with Crippen LogP contribution in [0.4, 0.5) is 0 Å². The summed E-state index contributed by atoms with van der Waals surface area (Å²) in [5.74, 6) is 0.559. The predicted octanol–water partition coefficient (Wildman–Crippen LogP) is 1.90. The number of aromatic amines is 2. The summed E-state index contributed by atoms with van der Waals surface area (Å²) in [7, 11) is 0. The molecule has 1 amide bonds. The molecule has 3 rings (SSSR count). The first-order chi connectivity index (χ1) is 11.6. The molecule has 0 atom stereocenters. The van der Waals surface area contributed by atoms with Crippen molar-refractivity contribution in [1.82, 2.24) is 15.3 Å². The number of carbonyl (C=O) groups excluding carboxylic acids is 1. The van der Waals surface area contributed by atoms with Crippen LogP contribution in [0, 0.1) is 6.92 Å². The quantitative estimate of drug-likeness (QED) is 0.647. The number of ether oxygens (including phenoxy) is 1. The number of aromatic nitrogens is 2. The second-order valence-electron chi connectivity index (χ2n) is 5.61. The molecule has 0 radical (unpaired) electrons. The number of H-pyrrole nitrogens is 2. The Morgan fingerprint density at radius 1 is 1.12 bits per heavy atom. The Labute approximate surface area is 138 Å². The summed E-state index contributed by atoms with van der Waals surface area (Å²) in [5, 5.41) is 2.83. The number of benzene rings is 2. The molecule has 0 unspecified atom stereocenters. The lowest BCUT2D eigenvalue weighted by Gasteiger charge is -2.09. The van der Waals surface area contributed by atoms with Crippen LogP contribution in [0.2, 0.25) is 0 Å². The van der Waals surface area contributed by atoms with E-state index in [9.17, 15) is 9.59 Å². The summed E-state index contributed by atoms with van der Waals surface area (Å²) in [4.78, 5) is 28.5. The van der Waals surface area contributed by atoms with E-state index in [1.54, 1.807) is 0 Å². The lowest BCUT2D eigenvalue weighted by Crippen LogP contribution is -2.30. The highest BCUT2D eigenvalue weighted by molar-refractivity contribution is 5.77. The van der Waals surface area contributed by atoms with Crippen LogP contribution in [-0.2, 0) is 11.2 Å². The van der Waals surface area contributed by atoms with Gasteiger partial charge in [0, 0.05) is 6.54 Å². The SMILES string of the molecule is Cc1ccccc1OCC(=O)NCCc1ccc2[nH]c(=O)[nH]c2c1. The predicted molar refractivity (Wildman–Crippen MR) is 92.3 cm³/mol. The average Bonchev–Trinajstić information content (AvgIpc) is 2.93. The Morgan fingerprint density at radius 2 is 1.92 bits per heavy atom. The van der Waals surface area contributed by atoms with Crippen molar-refractivity contribution < 1.29 is 9.53 Å². The van der Waals surface area contributed by atoms with E-state index in [0.717, 1.165) is 27.9 Å². The first kappa shape index (κ1) is 15.9. The molecule has 0 aliphatic heterocycles. The zero-order chi connectivity index (χ0) is 16.9. The fourth-order valence-electron chi connectivity index (χ4n) is 2.49. The summed E-state index contributed by atoms with van der Waals surface area (Å²) < 4.78 is 5.51. The van der Waals surface area contributed by atoms with E-state index in [0.29, 0.717) is 13.0 Å². The zero-order valence-electron chi connectivity index (χ0n) is 13.4. The van der Waals surface area contributed by atoms with Gasteiger partial charge < -0.3 is 20.0 Å². The molecule has 1 aromatic heterocycles. The Kier molecular flexibility index (Phi) is 4.65. The third kappa shape index (κ3) is 3.84. The van der Waals surface area contributed by atoms with Crippen molar-refractivity contribution in [2.75, 3.05) is 13.2 Å². The van der Waals surface area contributed by atoms with Gasteiger partial charge in [-0.1, -0.05) is 24.3 Å². The van der Waals surface area contributed by atoms with Crippen LogP contribution in [-0.4, -0.2) is 29.0 Å². The molecule has 2 aromatic carbocycles. The third-order valence-electron chi connectivity index (χ3n) is 3.77. The topological polar surface area (TPSA) is 87.0 Å². The number of fused-ring (bicyclic) bond motifs is 1. The lowest BCUT2D eigenvalue weighted by molar-refractivity contribution is -0.123. The molecule has 0 fully saturated rings. The number of hydrogen-bond donors (Lipinski definition) is 3. The largest absolute Gasteiger partial charge is 0.484 e. The summed E-state index contributed by atoms with van der Waals surface area (Å²) in [6.07, 6.45) is 0.680. The Hall–Kier alpha value is -3.02. The normalized spacial score (nSPS) is 10.7.